The van der Waals surface area contributed by atoms with Crippen molar-refractivity contribution in [2.75, 3.05) is 13.2 Å². The molecule has 4 atom stereocenters. The maximum atomic E-state index is 10.4. The number of rotatable bonds is 9. The highest BCUT2D eigenvalue weighted by atomic mass is 16.5. The number of hydrogen-bond donors (Lipinski definition) is 1. The third-order valence-corrected chi connectivity index (χ3v) is 4.33. The Labute approximate surface area is 126 Å². The number of fused-ring (bicyclic) bond motifs is 2. The van der Waals surface area contributed by atoms with Crippen molar-refractivity contribution in [3.8, 4) is 0 Å². The second kappa shape index (κ2) is 8.35. The molecule has 2 aliphatic heterocycles. The molecule has 21 heavy (non-hydrogen) atoms. The largest absolute Gasteiger partial charge is 0.481 e. The molecule has 0 aliphatic carbocycles. The zero-order valence-electron chi connectivity index (χ0n) is 12.7. The lowest BCUT2D eigenvalue weighted by Crippen LogP contribution is -2.30. The number of allylic oxidation sites excluding steroid dienone is 3. The Balaban J connectivity index is 1.78. The van der Waals surface area contributed by atoms with Gasteiger partial charge in [0.1, 0.15) is 0 Å². The quantitative estimate of drug-likeness (QED) is 0.524. The van der Waals surface area contributed by atoms with Gasteiger partial charge in [-0.05, 0) is 31.6 Å². The molecule has 0 spiro atoms. The van der Waals surface area contributed by atoms with Crippen LogP contribution in [-0.2, 0) is 14.3 Å². The van der Waals surface area contributed by atoms with E-state index >= 15 is 0 Å². The fourth-order valence-corrected chi connectivity index (χ4v) is 3.35. The summed E-state index contributed by atoms with van der Waals surface area (Å²) in [5, 5.41) is 8.55. The van der Waals surface area contributed by atoms with Crippen molar-refractivity contribution in [1.82, 2.24) is 0 Å². The summed E-state index contributed by atoms with van der Waals surface area (Å²) in [6.07, 6.45) is 12.8. The first-order valence-corrected chi connectivity index (χ1v) is 7.99. The summed E-state index contributed by atoms with van der Waals surface area (Å²) in [7, 11) is 0. The zero-order chi connectivity index (χ0) is 15.1. The summed E-state index contributed by atoms with van der Waals surface area (Å²) in [5.41, 5.74) is 0. The molecular weight excluding hydrogens is 268 g/mol. The summed E-state index contributed by atoms with van der Waals surface area (Å²) < 4.78 is 11.8. The number of hydrogen-bond acceptors (Lipinski definition) is 3. The summed E-state index contributed by atoms with van der Waals surface area (Å²) in [5.74, 6) is 0.266. The van der Waals surface area contributed by atoms with Gasteiger partial charge >= 0.3 is 5.97 Å². The first-order valence-electron chi connectivity index (χ1n) is 7.99. The lowest BCUT2D eigenvalue weighted by atomic mass is 9.78. The number of carboxylic acid groups (broad SMARTS) is 1. The maximum absolute atomic E-state index is 10.4. The third kappa shape index (κ3) is 4.68. The van der Waals surface area contributed by atoms with Crippen LogP contribution >= 0.6 is 0 Å². The lowest BCUT2D eigenvalue weighted by Gasteiger charge is -2.26. The molecule has 2 rings (SSSR count). The Morgan fingerprint density at radius 2 is 1.95 bits per heavy atom. The Morgan fingerprint density at radius 1 is 1.24 bits per heavy atom. The van der Waals surface area contributed by atoms with Crippen molar-refractivity contribution in [3.05, 3.63) is 24.3 Å². The van der Waals surface area contributed by atoms with Crippen molar-refractivity contribution in [2.24, 2.45) is 11.8 Å². The van der Waals surface area contributed by atoms with Crippen LogP contribution in [0.15, 0.2) is 24.3 Å². The molecule has 2 bridgehead atoms. The highest BCUT2D eigenvalue weighted by molar-refractivity contribution is 5.68. The SMILES string of the molecule is CCCOC[C@@H]1[C@H](C/C=C\C=CCC(=O)O)[C@@H]2CC[C@H]1O2. The van der Waals surface area contributed by atoms with Crippen LogP contribution in [-0.4, -0.2) is 36.5 Å². The van der Waals surface area contributed by atoms with Gasteiger partial charge in [-0.2, -0.15) is 0 Å². The number of carbonyl (C=O) groups is 1. The van der Waals surface area contributed by atoms with E-state index in [-0.39, 0.29) is 6.42 Å². The van der Waals surface area contributed by atoms with Crippen LogP contribution in [0.25, 0.3) is 0 Å². The van der Waals surface area contributed by atoms with Crippen LogP contribution in [0.3, 0.4) is 0 Å². The normalized spacial score (nSPS) is 31.7. The van der Waals surface area contributed by atoms with Crippen molar-refractivity contribution in [2.45, 2.75) is 51.2 Å². The number of ether oxygens (including phenoxy) is 2. The lowest BCUT2D eigenvalue weighted by molar-refractivity contribution is -0.136. The minimum atomic E-state index is -0.797. The molecule has 0 saturated carbocycles. The summed E-state index contributed by atoms with van der Waals surface area (Å²) >= 11 is 0. The van der Waals surface area contributed by atoms with E-state index in [4.69, 9.17) is 14.6 Å². The van der Waals surface area contributed by atoms with Crippen LogP contribution in [0, 0.1) is 11.8 Å². The summed E-state index contributed by atoms with van der Waals surface area (Å²) in [4.78, 5) is 10.4. The van der Waals surface area contributed by atoms with Gasteiger partial charge in [0.25, 0.3) is 0 Å². The van der Waals surface area contributed by atoms with Gasteiger partial charge in [-0.15, -0.1) is 0 Å². The monoisotopic (exact) mass is 294 g/mol. The van der Waals surface area contributed by atoms with Gasteiger partial charge in [0, 0.05) is 12.5 Å². The van der Waals surface area contributed by atoms with Crippen molar-refractivity contribution < 1.29 is 19.4 Å². The Morgan fingerprint density at radius 3 is 2.67 bits per heavy atom. The van der Waals surface area contributed by atoms with Crippen LogP contribution in [0.2, 0.25) is 0 Å². The van der Waals surface area contributed by atoms with E-state index in [2.05, 4.69) is 13.0 Å². The smallest absolute Gasteiger partial charge is 0.307 e. The molecule has 1 N–H and O–H groups in total. The highest BCUT2D eigenvalue weighted by Crippen LogP contribution is 2.45. The van der Waals surface area contributed by atoms with Crippen molar-refractivity contribution in [3.63, 3.8) is 0 Å². The minimum Gasteiger partial charge on any atom is -0.481 e. The predicted octanol–water partition coefficient (Wildman–Crippen LogP) is 3.18. The van der Waals surface area contributed by atoms with Crippen molar-refractivity contribution >= 4 is 5.97 Å². The average Bonchev–Trinajstić information content (AvgIpc) is 3.04. The Hall–Kier alpha value is -1.13. The molecule has 0 amide bonds. The molecule has 0 aromatic carbocycles. The van der Waals surface area contributed by atoms with Crippen LogP contribution in [0.4, 0.5) is 0 Å². The standard InChI is InChI=1S/C17H26O4/c1-2-11-20-12-14-13(15-9-10-16(14)21-15)7-5-3-4-6-8-17(18)19/h3-6,13-16H,2,7-12H2,1H3,(H,18,19)/b5-3-,6-4?/t13-,14+,15-,16+/m0/s1. The van der Waals surface area contributed by atoms with Crippen LogP contribution in [0.5, 0.6) is 0 Å². The Kier molecular flexibility index (Phi) is 6.46. The molecule has 0 aromatic rings. The van der Waals surface area contributed by atoms with E-state index in [0.29, 0.717) is 24.0 Å². The molecule has 118 valence electrons. The van der Waals surface area contributed by atoms with E-state index in [1.165, 1.54) is 12.8 Å². The molecule has 0 unspecified atom stereocenters. The van der Waals surface area contributed by atoms with Gasteiger partial charge in [-0.25, -0.2) is 0 Å². The molecular formula is C17H26O4. The number of aliphatic carboxylic acids is 1. The Bertz CT molecular complexity index is 388. The molecule has 0 radical (unpaired) electrons. The van der Waals surface area contributed by atoms with E-state index < -0.39 is 5.97 Å². The predicted molar refractivity (Wildman–Crippen MR) is 81.1 cm³/mol. The van der Waals surface area contributed by atoms with E-state index in [1.54, 1.807) is 6.08 Å². The zero-order valence-corrected chi connectivity index (χ0v) is 12.7. The van der Waals surface area contributed by atoms with E-state index in [1.807, 2.05) is 12.2 Å². The molecule has 2 saturated heterocycles. The molecule has 2 fully saturated rings. The molecule has 0 aromatic heterocycles. The summed E-state index contributed by atoms with van der Waals surface area (Å²) in [6, 6.07) is 0. The van der Waals surface area contributed by atoms with Gasteiger partial charge in [0.2, 0.25) is 0 Å². The summed E-state index contributed by atoms with van der Waals surface area (Å²) in [6.45, 7) is 3.76. The van der Waals surface area contributed by atoms with Crippen molar-refractivity contribution in [1.29, 1.82) is 0 Å². The fraction of sp³-hybridized carbons (Fsp3) is 0.706. The molecule has 2 aliphatic rings. The minimum absolute atomic E-state index is 0.0784. The molecule has 4 nitrogen and oxygen atoms in total. The van der Waals surface area contributed by atoms with Gasteiger partial charge in [0.05, 0.1) is 25.2 Å². The second-order valence-corrected chi connectivity index (χ2v) is 5.88. The van der Waals surface area contributed by atoms with Gasteiger partial charge in [-0.1, -0.05) is 31.2 Å². The maximum Gasteiger partial charge on any atom is 0.307 e. The fourth-order valence-electron chi connectivity index (χ4n) is 3.35. The molecule has 4 heteroatoms. The van der Waals surface area contributed by atoms with Crippen LogP contribution < -0.4 is 0 Å². The molecule has 2 heterocycles. The highest BCUT2D eigenvalue weighted by Gasteiger charge is 2.47. The topological polar surface area (TPSA) is 55.8 Å². The first kappa shape index (κ1) is 16.2. The first-order chi connectivity index (χ1) is 10.2. The third-order valence-electron chi connectivity index (χ3n) is 4.33. The second-order valence-electron chi connectivity index (χ2n) is 5.88. The van der Waals surface area contributed by atoms with Crippen LogP contribution in [0.1, 0.15) is 39.0 Å². The average molecular weight is 294 g/mol. The number of carboxylic acids is 1. The van der Waals surface area contributed by atoms with Gasteiger partial charge in [0.15, 0.2) is 0 Å². The van der Waals surface area contributed by atoms with Gasteiger partial charge < -0.3 is 14.6 Å². The van der Waals surface area contributed by atoms with E-state index in [0.717, 1.165) is 26.1 Å². The van der Waals surface area contributed by atoms with Gasteiger partial charge in [-0.3, -0.25) is 4.79 Å². The van der Waals surface area contributed by atoms with E-state index in [9.17, 15) is 4.79 Å².